The number of nitrogens with zero attached hydrogens (tertiary/aromatic N) is 2. The van der Waals surface area contributed by atoms with Gasteiger partial charge in [0, 0.05) is 16.5 Å². The average Bonchev–Trinajstić information content (AvgIpc) is 3.00. The van der Waals surface area contributed by atoms with E-state index in [1.165, 1.54) is 5.56 Å². The van der Waals surface area contributed by atoms with E-state index in [1.54, 1.807) is 0 Å². The zero-order chi connectivity index (χ0) is 19.1. The van der Waals surface area contributed by atoms with Gasteiger partial charge in [0.15, 0.2) is 5.15 Å². The SMILES string of the molecule is [CH2]C1=C(Cl)c2ccc(OCc3ccc4c(c3)c(Cl)nn4C(C)C)cc2CC1. The lowest BCUT2D eigenvalue weighted by Gasteiger charge is -2.18. The lowest BCUT2D eigenvalue weighted by molar-refractivity contribution is 0.306. The van der Waals surface area contributed by atoms with Gasteiger partial charge in [0.25, 0.3) is 0 Å². The molecule has 1 aliphatic rings. The first kappa shape index (κ1) is 18.4. The van der Waals surface area contributed by atoms with Crippen LogP contribution in [0.4, 0.5) is 0 Å². The van der Waals surface area contributed by atoms with Crippen LogP contribution in [-0.4, -0.2) is 9.78 Å². The molecule has 139 valence electrons. The van der Waals surface area contributed by atoms with Gasteiger partial charge in [-0.15, -0.1) is 0 Å². The van der Waals surface area contributed by atoms with Crippen molar-refractivity contribution in [3.8, 4) is 5.75 Å². The summed E-state index contributed by atoms with van der Waals surface area (Å²) in [6.45, 7) is 8.68. The predicted molar refractivity (Wildman–Crippen MR) is 112 cm³/mol. The van der Waals surface area contributed by atoms with Crippen molar-refractivity contribution in [2.45, 2.75) is 39.3 Å². The first-order valence-electron chi connectivity index (χ1n) is 9.07. The number of fused-ring (bicyclic) bond motifs is 2. The van der Waals surface area contributed by atoms with Crippen molar-refractivity contribution in [2.24, 2.45) is 0 Å². The molecule has 3 aromatic rings. The Labute approximate surface area is 169 Å². The van der Waals surface area contributed by atoms with Crippen molar-refractivity contribution >= 4 is 39.1 Å². The molecule has 0 bridgehead atoms. The Morgan fingerprint density at radius 3 is 2.74 bits per heavy atom. The second-order valence-electron chi connectivity index (χ2n) is 7.21. The van der Waals surface area contributed by atoms with Gasteiger partial charge in [-0.1, -0.05) is 34.8 Å². The molecule has 5 heteroatoms. The molecule has 0 atom stereocenters. The molecule has 2 aromatic carbocycles. The minimum absolute atomic E-state index is 0.261. The Morgan fingerprint density at radius 1 is 1.15 bits per heavy atom. The number of benzene rings is 2. The van der Waals surface area contributed by atoms with Crippen molar-refractivity contribution in [1.29, 1.82) is 0 Å². The smallest absolute Gasteiger partial charge is 0.158 e. The number of ether oxygens (including phenoxy) is 1. The largest absolute Gasteiger partial charge is 0.489 e. The summed E-state index contributed by atoms with van der Waals surface area (Å²) in [6, 6.07) is 12.5. The lowest BCUT2D eigenvalue weighted by atomic mass is 9.92. The number of aromatic nitrogens is 2. The summed E-state index contributed by atoms with van der Waals surface area (Å²) in [4.78, 5) is 0. The van der Waals surface area contributed by atoms with Gasteiger partial charge >= 0.3 is 0 Å². The van der Waals surface area contributed by atoms with Gasteiger partial charge in [0.05, 0.1) is 5.52 Å². The van der Waals surface area contributed by atoms with E-state index in [9.17, 15) is 0 Å². The maximum atomic E-state index is 6.37. The second-order valence-corrected chi connectivity index (χ2v) is 7.94. The fourth-order valence-electron chi connectivity index (χ4n) is 3.47. The maximum Gasteiger partial charge on any atom is 0.158 e. The standard InChI is InChI=1S/C22H21Cl2N2O/c1-13(2)26-20-9-5-15(10-19(20)22(24)25-26)12-27-17-7-8-18-16(11-17)6-4-14(3)21(18)23/h5,7-11,13H,3-4,6,12H2,1-2H3. The number of allylic oxidation sites excluding steroid dienone is 1. The van der Waals surface area contributed by atoms with Gasteiger partial charge in [-0.3, -0.25) is 4.68 Å². The zero-order valence-corrected chi connectivity index (χ0v) is 16.9. The molecule has 0 N–H and O–H groups in total. The van der Waals surface area contributed by atoms with E-state index >= 15 is 0 Å². The summed E-state index contributed by atoms with van der Waals surface area (Å²) in [6.07, 6.45) is 1.84. The van der Waals surface area contributed by atoms with Gasteiger partial charge < -0.3 is 4.74 Å². The maximum absolute atomic E-state index is 6.37. The summed E-state index contributed by atoms with van der Waals surface area (Å²) in [7, 11) is 0. The number of hydrogen-bond donors (Lipinski definition) is 0. The van der Waals surface area contributed by atoms with Gasteiger partial charge in [-0.25, -0.2) is 0 Å². The highest BCUT2D eigenvalue weighted by Crippen LogP contribution is 2.35. The molecule has 1 aromatic heterocycles. The molecule has 1 heterocycles. The number of aryl methyl sites for hydroxylation is 1. The number of rotatable bonds is 4. The van der Waals surface area contributed by atoms with Gasteiger partial charge in [0.2, 0.25) is 0 Å². The van der Waals surface area contributed by atoms with Crippen LogP contribution in [0.3, 0.4) is 0 Å². The monoisotopic (exact) mass is 399 g/mol. The predicted octanol–water partition coefficient (Wildman–Crippen LogP) is 6.58. The van der Waals surface area contributed by atoms with E-state index in [0.29, 0.717) is 11.8 Å². The highest BCUT2D eigenvalue weighted by atomic mass is 35.5. The normalized spacial score (nSPS) is 14.1. The molecule has 27 heavy (non-hydrogen) atoms. The third-order valence-electron chi connectivity index (χ3n) is 4.94. The highest BCUT2D eigenvalue weighted by Gasteiger charge is 2.16. The Balaban J connectivity index is 1.55. The second kappa shape index (κ2) is 7.21. The highest BCUT2D eigenvalue weighted by molar-refractivity contribution is 6.49. The third-order valence-corrected chi connectivity index (χ3v) is 5.69. The number of halogens is 2. The molecular formula is C22H21Cl2N2O. The van der Waals surface area contributed by atoms with Gasteiger partial charge in [0.1, 0.15) is 12.4 Å². The van der Waals surface area contributed by atoms with Gasteiger partial charge in [-0.2, -0.15) is 5.10 Å². The van der Waals surface area contributed by atoms with Crippen LogP contribution in [0.1, 0.15) is 43.0 Å². The van der Waals surface area contributed by atoms with Crippen LogP contribution < -0.4 is 4.74 Å². The Kier molecular flexibility index (Phi) is 4.92. The molecule has 3 nitrogen and oxygen atoms in total. The minimum Gasteiger partial charge on any atom is -0.489 e. The van der Waals surface area contributed by atoms with Crippen LogP contribution in [0, 0.1) is 6.92 Å². The van der Waals surface area contributed by atoms with Crippen LogP contribution in [0.25, 0.3) is 15.9 Å². The first-order chi connectivity index (χ1) is 12.9. The molecule has 0 amide bonds. The van der Waals surface area contributed by atoms with E-state index < -0.39 is 0 Å². The Bertz CT molecular complexity index is 1050. The minimum atomic E-state index is 0.261. The average molecular weight is 400 g/mol. The van der Waals surface area contributed by atoms with Crippen molar-refractivity contribution in [3.05, 3.63) is 70.7 Å². The molecule has 1 radical (unpaired) electrons. The van der Waals surface area contributed by atoms with Crippen molar-refractivity contribution < 1.29 is 4.74 Å². The van der Waals surface area contributed by atoms with Crippen LogP contribution in [0.15, 0.2) is 42.0 Å². The fourth-order valence-corrected chi connectivity index (χ4v) is 3.98. The molecule has 1 aliphatic carbocycles. The topological polar surface area (TPSA) is 27.1 Å². The van der Waals surface area contributed by atoms with Gasteiger partial charge in [-0.05, 0) is 80.6 Å². The summed E-state index contributed by atoms with van der Waals surface area (Å²) >= 11 is 12.7. The summed E-state index contributed by atoms with van der Waals surface area (Å²) in [5, 5.41) is 6.68. The summed E-state index contributed by atoms with van der Waals surface area (Å²) in [5.74, 6) is 0.842. The molecule has 0 spiro atoms. The molecule has 0 saturated carbocycles. The lowest BCUT2D eigenvalue weighted by Crippen LogP contribution is -2.03. The molecule has 0 aliphatic heterocycles. The van der Waals surface area contributed by atoms with Crippen molar-refractivity contribution in [1.82, 2.24) is 9.78 Å². The molecule has 0 fully saturated rings. The van der Waals surface area contributed by atoms with Crippen LogP contribution in [-0.2, 0) is 13.0 Å². The Morgan fingerprint density at radius 2 is 1.96 bits per heavy atom. The fraction of sp³-hybridized carbons (Fsp3) is 0.273. The zero-order valence-electron chi connectivity index (χ0n) is 15.4. The summed E-state index contributed by atoms with van der Waals surface area (Å²) in [5.41, 5.74) is 5.38. The van der Waals surface area contributed by atoms with E-state index in [4.69, 9.17) is 27.9 Å². The van der Waals surface area contributed by atoms with E-state index in [0.717, 1.165) is 51.2 Å². The van der Waals surface area contributed by atoms with E-state index in [2.05, 4.69) is 50.1 Å². The van der Waals surface area contributed by atoms with Crippen molar-refractivity contribution in [3.63, 3.8) is 0 Å². The van der Waals surface area contributed by atoms with Crippen LogP contribution >= 0.6 is 23.2 Å². The van der Waals surface area contributed by atoms with Crippen LogP contribution in [0.5, 0.6) is 5.75 Å². The van der Waals surface area contributed by atoms with E-state index in [-0.39, 0.29) is 6.04 Å². The molecule has 0 unspecified atom stereocenters. The quantitative estimate of drug-likeness (QED) is 0.495. The van der Waals surface area contributed by atoms with E-state index in [1.807, 2.05) is 16.8 Å². The van der Waals surface area contributed by atoms with Crippen molar-refractivity contribution in [2.75, 3.05) is 0 Å². The Hall–Kier alpha value is -1.97. The molecular weight excluding hydrogens is 379 g/mol. The molecule has 0 saturated heterocycles. The summed E-state index contributed by atoms with van der Waals surface area (Å²) < 4.78 is 7.96. The van der Waals surface area contributed by atoms with Crippen LogP contribution in [0.2, 0.25) is 5.15 Å². The third kappa shape index (κ3) is 3.46. The molecule has 4 rings (SSSR count). The number of hydrogen-bond acceptors (Lipinski definition) is 2. The first-order valence-corrected chi connectivity index (χ1v) is 9.83.